The van der Waals surface area contributed by atoms with Crippen molar-refractivity contribution in [3.63, 3.8) is 0 Å². The molecule has 1 aliphatic heterocycles. The monoisotopic (exact) mass is 367 g/mol. The van der Waals surface area contributed by atoms with Gasteiger partial charge in [0.15, 0.2) is 5.82 Å². The Balaban J connectivity index is 2.01. The van der Waals surface area contributed by atoms with Crippen LogP contribution >= 0.6 is 27.5 Å². The average Bonchev–Trinajstić information content (AvgIpc) is 3.03. The maximum atomic E-state index is 12.2. The number of anilines is 1. The molecule has 2 heterocycles. The molecule has 0 spiro atoms. The number of rotatable bonds is 3. The summed E-state index contributed by atoms with van der Waals surface area (Å²) in [6.07, 6.45) is 0.495. The number of nitrogens with one attached hydrogen (secondary N) is 1. The Morgan fingerprint density at radius 2 is 2.14 bits per heavy atom. The van der Waals surface area contributed by atoms with E-state index in [1.54, 1.807) is 4.90 Å². The molecule has 4 nitrogen and oxygen atoms in total. The summed E-state index contributed by atoms with van der Waals surface area (Å²) in [5.74, 6) is 1.49. The number of aryl methyl sites for hydroxylation is 1. The first-order chi connectivity index (χ1) is 10.1. The lowest BCUT2D eigenvalue weighted by molar-refractivity contribution is -0.117. The first-order valence-corrected chi connectivity index (χ1v) is 8.10. The minimum absolute atomic E-state index is 0.0884. The number of aromatic amines is 1. The van der Waals surface area contributed by atoms with Crippen LogP contribution in [0.3, 0.4) is 0 Å². The Morgan fingerprint density at radius 1 is 1.43 bits per heavy atom. The van der Waals surface area contributed by atoms with E-state index in [1.807, 2.05) is 31.2 Å². The fourth-order valence-corrected chi connectivity index (χ4v) is 3.13. The van der Waals surface area contributed by atoms with Gasteiger partial charge in [-0.2, -0.15) is 5.10 Å². The molecule has 1 amide bonds. The van der Waals surface area contributed by atoms with Gasteiger partial charge >= 0.3 is 0 Å². The van der Waals surface area contributed by atoms with E-state index in [0.29, 0.717) is 24.7 Å². The summed E-state index contributed by atoms with van der Waals surface area (Å²) < 4.78 is 1.02. The second-order valence-electron chi connectivity index (χ2n) is 5.28. The van der Waals surface area contributed by atoms with E-state index in [0.717, 1.165) is 21.3 Å². The molecule has 1 aromatic heterocycles. The van der Waals surface area contributed by atoms with Crippen LogP contribution in [0.1, 0.15) is 12.1 Å². The second-order valence-corrected chi connectivity index (χ2v) is 6.51. The number of amides is 1. The first kappa shape index (κ1) is 14.6. The number of alkyl halides is 1. The molecule has 0 bridgehead atoms. The summed E-state index contributed by atoms with van der Waals surface area (Å²) in [5, 5.41) is 7.33. The lowest BCUT2D eigenvalue weighted by Gasteiger charge is -2.15. The molecular weight excluding hydrogens is 354 g/mol. The molecule has 1 fully saturated rings. The largest absolute Gasteiger partial charge is 0.294 e. The van der Waals surface area contributed by atoms with Gasteiger partial charge in [-0.15, -0.1) is 11.6 Å². The van der Waals surface area contributed by atoms with Crippen molar-refractivity contribution in [1.29, 1.82) is 0 Å². The van der Waals surface area contributed by atoms with Crippen LogP contribution in [0.5, 0.6) is 0 Å². The van der Waals surface area contributed by atoms with E-state index in [1.165, 1.54) is 0 Å². The molecule has 1 aromatic carbocycles. The number of benzene rings is 1. The molecule has 0 radical (unpaired) electrons. The van der Waals surface area contributed by atoms with Gasteiger partial charge in [-0.05, 0) is 30.5 Å². The van der Waals surface area contributed by atoms with E-state index in [9.17, 15) is 4.79 Å². The van der Waals surface area contributed by atoms with Gasteiger partial charge in [-0.3, -0.25) is 14.8 Å². The van der Waals surface area contributed by atoms with Crippen molar-refractivity contribution in [1.82, 2.24) is 10.2 Å². The number of hydrogen-bond donors (Lipinski definition) is 1. The van der Waals surface area contributed by atoms with Crippen LogP contribution in [0.15, 0.2) is 28.7 Å². The summed E-state index contributed by atoms with van der Waals surface area (Å²) in [4.78, 5) is 13.9. The molecule has 110 valence electrons. The maximum Gasteiger partial charge on any atom is 0.228 e. The molecule has 6 heteroatoms. The summed E-state index contributed by atoms with van der Waals surface area (Å²) in [6.45, 7) is 2.60. The zero-order valence-corrected chi connectivity index (χ0v) is 13.9. The van der Waals surface area contributed by atoms with Crippen molar-refractivity contribution in [2.45, 2.75) is 13.3 Å². The highest BCUT2D eigenvalue weighted by atomic mass is 79.9. The quantitative estimate of drug-likeness (QED) is 0.839. The van der Waals surface area contributed by atoms with Crippen molar-refractivity contribution in [3.05, 3.63) is 34.4 Å². The Morgan fingerprint density at radius 3 is 2.76 bits per heavy atom. The first-order valence-electron chi connectivity index (χ1n) is 6.77. The van der Waals surface area contributed by atoms with Gasteiger partial charge in [-0.25, -0.2) is 0 Å². The summed E-state index contributed by atoms with van der Waals surface area (Å²) in [7, 11) is 0. The van der Waals surface area contributed by atoms with Crippen molar-refractivity contribution in [2.75, 3.05) is 17.3 Å². The second kappa shape index (κ2) is 5.81. The van der Waals surface area contributed by atoms with Crippen LogP contribution < -0.4 is 4.90 Å². The third-order valence-corrected chi connectivity index (χ3v) is 4.71. The number of H-pyrrole nitrogens is 1. The van der Waals surface area contributed by atoms with Crippen LogP contribution in [0, 0.1) is 12.8 Å². The Hall–Kier alpha value is -1.33. The van der Waals surface area contributed by atoms with E-state index >= 15 is 0 Å². The van der Waals surface area contributed by atoms with Crippen LogP contribution in [0.2, 0.25) is 0 Å². The summed E-state index contributed by atoms with van der Waals surface area (Å²) >= 11 is 9.33. The topological polar surface area (TPSA) is 49.0 Å². The van der Waals surface area contributed by atoms with Gasteiger partial charge in [-0.1, -0.05) is 28.1 Å². The number of carbonyl (C=O) groups excluding carboxylic acids is 1. The maximum absolute atomic E-state index is 12.2. The van der Waals surface area contributed by atoms with Crippen molar-refractivity contribution in [2.24, 2.45) is 5.92 Å². The highest BCUT2D eigenvalue weighted by Crippen LogP contribution is 2.35. The van der Waals surface area contributed by atoms with Crippen molar-refractivity contribution >= 4 is 39.3 Å². The van der Waals surface area contributed by atoms with E-state index < -0.39 is 0 Å². The number of hydrogen-bond acceptors (Lipinski definition) is 2. The molecule has 3 rings (SSSR count). The number of aromatic nitrogens is 2. The van der Waals surface area contributed by atoms with Gasteiger partial charge in [0.25, 0.3) is 0 Å². The van der Waals surface area contributed by atoms with E-state index in [4.69, 9.17) is 11.6 Å². The zero-order valence-electron chi connectivity index (χ0n) is 11.6. The van der Waals surface area contributed by atoms with Gasteiger partial charge in [0, 0.05) is 34.6 Å². The minimum Gasteiger partial charge on any atom is -0.294 e. The van der Waals surface area contributed by atoms with Crippen molar-refractivity contribution < 1.29 is 4.79 Å². The smallest absolute Gasteiger partial charge is 0.228 e. The molecule has 1 saturated heterocycles. The molecule has 0 saturated carbocycles. The summed E-state index contributed by atoms with van der Waals surface area (Å²) in [6, 6.07) is 8.01. The predicted molar refractivity (Wildman–Crippen MR) is 87.6 cm³/mol. The molecule has 1 atom stereocenters. The predicted octanol–water partition coefficient (Wildman–Crippen LogP) is 3.74. The molecule has 0 aliphatic carbocycles. The fraction of sp³-hybridized carbons (Fsp3) is 0.333. The normalized spacial score (nSPS) is 18.5. The van der Waals surface area contributed by atoms with Gasteiger partial charge in [0.05, 0.1) is 0 Å². The average molecular weight is 369 g/mol. The molecule has 21 heavy (non-hydrogen) atoms. The lowest BCUT2D eigenvalue weighted by atomic mass is 10.1. The minimum atomic E-state index is 0.0884. The number of nitrogens with zero attached hydrogens (tertiary/aromatic N) is 2. The third kappa shape index (κ3) is 2.72. The Bertz CT molecular complexity index is 668. The number of halogens is 2. The van der Waals surface area contributed by atoms with Crippen LogP contribution in [0.25, 0.3) is 11.1 Å². The van der Waals surface area contributed by atoms with Crippen molar-refractivity contribution in [3.8, 4) is 11.1 Å². The molecule has 2 aromatic rings. The highest BCUT2D eigenvalue weighted by molar-refractivity contribution is 9.10. The molecule has 1 aliphatic rings. The molecule has 1 N–H and O–H groups in total. The standard InChI is InChI=1S/C15H15BrClN3O/c1-9-14(11-2-4-12(16)5-3-11)15(19-18-9)20-8-10(7-17)6-13(20)21/h2-5,10H,6-8H2,1H3,(H,18,19). The highest BCUT2D eigenvalue weighted by Gasteiger charge is 2.33. The van der Waals surface area contributed by atoms with Gasteiger partial charge in [0.1, 0.15) is 0 Å². The SMILES string of the molecule is Cc1[nH]nc(N2CC(CCl)CC2=O)c1-c1ccc(Br)cc1. The Labute approximate surface area is 136 Å². The number of carbonyl (C=O) groups is 1. The van der Waals surface area contributed by atoms with Crippen LogP contribution in [-0.4, -0.2) is 28.5 Å². The zero-order chi connectivity index (χ0) is 15.0. The fourth-order valence-electron chi connectivity index (χ4n) is 2.66. The van der Waals surface area contributed by atoms with E-state index in [-0.39, 0.29) is 11.8 Å². The molecular formula is C15H15BrClN3O. The van der Waals surface area contributed by atoms with Gasteiger partial charge in [0.2, 0.25) is 5.91 Å². The third-order valence-electron chi connectivity index (χ3n) is 3.74. The lowest BCUT2D eigenvalue weighted by Crippen LogP contribution is -2.25. The van der Waals surface area contributed by atoms with Gasteiger partial charge < -0.3 is 0 Å². The van der Waals surface area contributed by atoms with Crippen LogP contribution in [-0.2, 0) is 4.79 Å². The van der Waals surface area contributed by atoms with Crippen LogP contribution in [0.4, 0.5) is 5.82 Å². The summed E-state index contributed by atoms with van der Waals surface area (Å²) in [5.41, 5.74) is 2.97. The molecule has 1 unspecified atom stereocenters. The van der Waals surface area contributed by atoms with E-state index in [2.05, 4.69) is 26.1 Å². The Kier molecular flexibility index (Phi) is 4.04.